The molecule has 0 spiro atoms. The average molecular weight is 625 g/mol. The molecule has 1 unspecified atom stereocenters. The van der Waals surface area contributed by atoms with E-state index in [1.165, 1.54) is 0 Å². The van der Waals surface area contributed by atoms with E-state index in [0.29, 0.717) is 39.0 Å². The van der Waals surface area contributed by atoms with Gasteiger partial charge in [-0.1, -0.05) is 62.4 Å². The molecule has 3 aromatic carbocycles. The van der Waals surface area contributed by atoms with Gasteiger partial charge in [0.25, 0.3) is 0 Å². The fourth-order valence-electron chi connectivity index (χ4n) is 4.27. The second-order valence-electron chi connectivity index (χ2n) is 9.58. The number of anilines is 1. The number of halogens is 1. The van der Waals surface area contributed by atoms with E-state index in [2.05, 4.69) is 40.0 Å². The first-order chi connectivity index (χ1) is 19.7. The van der Waals surface area contributed by atoms with Crippen LogP contribution in [0.1, 0.15) is 64.1 Å². The summed E-state index contributed by atoms with van der Waals surface area (Å²) in [6.07, 6.45) is 0. The predicted molar refractivity (Wildman–Crippen MR) is 164 cm³/mol. The zero-order chi connectivity index (χ0) is 29.8. The predicted octanol–water partition coefficient (Wildman–Crippen LogP) is 5.20. The van der Waals surface area contributed by atoms with Crippen LogP contribution in [0.25, 0.3) is 0 Å². The van der Waals surface area contributed by atoms with E-state index < -0.39 is 17.9 Å². The highest BCUT2D eigenvalue weighted by Crippen LogP contribution is 2.26. The summed E-state index contributed by atoms with van der Waals surface area (Å²) < 4.78 is 11.3. The molecule has 0 amide bonds. The lowest BCUT2D eigenvalue weighted by Gasteiger charge is -2.18. The Kier molecular flexibility index (Phi) is 12.5. The standard InChI is InChI=1S/C32H38BrN3O5/c1-4-36(5-2)15-14-35-21-27-19-26(20-28(33)29(27)34)32(39)41-17-16-40-31(38)22(3)24-12-9-13-25(18-24)30(37)23-10-7-6-8-11-23/h6-13,18-20,22,35H,4-5,14-17,21,34H2,1-3H3. The second kappa shape index (κ2) is 16.0. The average Bonchev–Trinajstić information content (AvgIpc) is 3.00. The van der Waals surface area contributed by atoms with Crippen LogP contribution in [0.4, 0.5) is 5.69 Å². The third-order valence-electron chi connectivity index (χ3n) is 6.86. The number of nitrogens with two attached hydrogens (primary N) is 1. The third-order valence-corrected chi connectivity index (χ3v) is 7.52. The van der Waals surface area contributed by atoms with Crippen molar-refractivity contribution < 1.29 is 23.9 Å². The van der Waals surface area contributed by atoms with E-state index >= 15 is 0 Å². The van der Waals surface area contributed by atoms with E-state index in [9.17, 15) is 14.4 Å². The first-order valence-corrected chi connectivity index (χ1v) is 14.6. The third kappa shape index (κ3) is 9.24. The van der Waals surface area contributed by atoms with Crippen molar-refractivity contribution in [2.24, 2.45) is 0 Å². The van der Waals surface area contributed by atoms with Gasteiger partial charge in [-0.05, 0) is 65.3 Å². The molecule has 3 aromatic rings. The fraction of sp³-hybridized carbons (Fsp3) is 0.344. The summed E-state index contributed by atoms with van der Waals surface area (Å²) in [5.41, 5.74) is 9.65. The summed E-state index contributed by atoms with van der Waals surface area (Å²) in [6, 6.07) is 19.3. The largest absolute Gasteiger partial charge is 0.462 e. The normalized spacial score (nSPS) is 11.7. The Labute approximate surface area is 250 Å². The van der Waals surface area contributed by atoms with E-state index in [1.54, 1.807) is 55.5 Å². The van der Waals surface area contributed by atoms with Gasteiger partial charge in [0.15, 0.2) is 5.78 Å². The fourth-order valence-corrected chi connectivity index (χ4v) is 4.77. The molecule has 9 heteroatoms. The molecular formula is C32H38BrN3O5. The smallest absolute Gasteiger partial charge is 0.338 e. The van der Waals surface area contributed by atoms with E-state index in [-0.39, 0.29) is 19.0 Å². The molecule has 0 fully saturated rings. The lowest BCUT2D eigenvalue weighted by Crippen LogP contribution is -2.31. The minimum absolute atomic E-state index is 0.0898. The van der Waals surface area contributed by atoms with Gasteiger partial charge in [0.2, 0.25) is 0 Å². The Bertz CT molecular complexity index is 1330. The number of esters is 2. The minimum atomic E-state index is -0.598. The number of hydrogen-bond acceptors (Lipinski definition) is 8. The topological polar surface area (TPSA) is 111 Å². The van der Waals surface area contributed by atoms with Gasteiger partial charge in [-0.25, -0.2) is 4.79 Å². The van der Waals surface area contributed by atoms with Gasteiger partial charge < -0.3 is 25.4 Å². The Balaban J connectivity index is 1.49. The van der Waals surface area contributed by atoms with Gasteiger partial charge >= 0.3 is 11.9 Å². The molecule has 41 heavy (non-hydrogen) atoms. The Morgan fingerprint density at radius 3 is 2.29 bits per heavy atom. The summed E-state index contributed by atoms with van der Waals surface area (Å²) in [5, 5.41) is 3.37. The van der Waals surface area contributed by atoms with Gasteiger partial charge in [-0.3, -0.25) is 9.59 Å². The van der Waals surface area contributed by atoms with Crippen LogP contribution in [0.15, 0.2) is 71.2 Å². The number of carbonyl (C=O) groups is 3. The lowest BCUT2D eigenvalue weighted by molar-refractivity contribution is -0.146. The zero-order valence-corrected chi connectivity index (χ0v) is 25.4. The van der Waals surface area contributed by atoms with Crippen LogP contribution >= 0.6 is 15.9 Å². The highest BCUT2D eigenvalue weighted by molar-refractivity contribution is 9.10. The van der Waals surface area contributed by atoms with Crippen molar-refractivity contribution in [2.75, 3.05) is 45.1 Å². The number of ether oxygens (including phenoxy) is 2. The molecule has 0 aromatic heterocycles. The van der Waals surface area contributed by atoms with Gasteiger partial charge in [0.1, 0.15) is 13.2 Å². The van der Waals surface area contributed by atoms with Crippen LogP contribution in [-0.4, -0.2) is 62.0 Å². The number of carbonyl (C=O) groups excluding carboxylic acids is 3. The van der Waals surface area contributed by atoms with E-state index in [4.69, 9.17) is 15.2 Å². The number of hydrogen-bond donors (Lipinski definition) is 2. The van der Waals surface area contributed by atoms with Crippen LogP contribution < -0.4 is 11.1 Å². The molecule has 1 atom stereocenters. The second-order valence-corrected chi connectivity index (χ2v) is 10.4. The molecule has 0 aliphatic carbocycles. The number of nitrogens with zero attached hydrogens (tertiary/aromatic N) is 1. The van der Waals surface area contributed by atoms with Crippen molar-refractivity contribution >= 4 is 39.3 Å². The first-order valence-electron chi connectivity index (χ1n) is 13.8. The molecule has 0 saturated carbocycles. The summed E-state index contributed by atoms with van der Waals surface area (Å²) >= 11 is 3.43. The first kappa shape index (κ1) is 32.0. The maximum Gasteiger partial charge on any atom is 0.338 e. The summed E-state index contributed by atoms with van der Waals surface area (Å²) in [6.45, 7) is 10.00. The SMILES string of the molecule is CCN(CC)CCNCc1cc(C(=O)OCCOC(=O)C(C)c2cccc(C(=O)c3ccccc3)c2)cc(Br)c1N. The lowest BCUT2D eigenvalue weighted by atomic mass is 9.96. The molecule has 3 N–H and O–H groups in total. The molecule has 3 rings (SSSR count). The number of rotatable bonds is 15. The van der Waals surface area contributed by atoms with Gasteiger partial charge in [-0.15, -0.1) is 0 Å². The van der Waals surface area contributed by atoms with E-state index in [0.717, 1.165) is 31.7 Å². The van der Waals surface area contributed by atoms with E-state index in [1.807, 2.05) is 18.2 Å². The molecular weight excluding hydrogens is 586 g/mol. The number of likely N-dealkylation sites (N-methyl/N-ethyl adjacent to an activating group) is 1. The van der Waals surface area contributed by atoms with Crippen molar-refractivity contribution in [3.63, 3.8) is 0 Å². The van der Waals surface area contributed by atoms with Crippen LogP contribution in [-0.2, 0) is 20.8 Å². The summed E-state index contributed by atoms with van der Waals surface area (Å²) in [4.78, 5) is 40.5. The summed E-state index contributed by atoms with van der Waals surface area (Å²) in [5.74, 6) is -1.73. The van der Waals surface area contributed by atoms with Crippen LogP contribution in [0.5, 0.6) is 0 Å². The van der Waals surface area contributed by atoms with Crippen LogP contribution in [0.2, 0.25) is 0 Å². The van der Waals surface area contributed by atoms with Crippen LogP contribution in [0, 0.1) is 0 Å². The molecule has 0 heterocycles. The number of nitrogen functional groups attached to an aromatic ring is 1. The zero-order valence-electron chi connectivity index (χ0n) is 23.8. The minimum Gasteiger partial charge on any atom is -0.462 e. The Hall–Kier alpha value is -3.53. The molecule has 0 saturated heterocycles. The Morgan fingerprint density at radius 2 is 1.59 bits per heavy atom. The molecule has 8 nitrogen and oxygen atoms in total. The van der Waals surface area contributed by atoms with Crippen molar-refractivity contribution in [3.05, 3.63) is 99.0 Å². The van der Waals surface area contributed by atoms with Gasteiger partial charge in [0, 0.05) is 35.2 Å². The van der Waals surface area contributed by atoms with Gasteiger partial charge in [0.05, 0.1) is 17.2 Å². The quantitative estimate of drug-likeness (QED) is 0.103. The number of benzene rings is 3. The molecule has 0 bridgehead atoms. The number of ketones is 1. The van der Waals surface area contributed by atoms with Crippen molar-refractivity contribution in [3.8, 4) is 0 Å². The van der Waals surface area contributed by atoms with Gasteiger partial charge in [-0.2, -0.15) is 0 Å². The van der Waals surface area contributed by atoms with Crippen LogP contribution in [0.3, 0.4) is 0 Å². The molecule has 218 valence electrons. The van der Waals surface area contributed by atoms with Crippen molar-refractivity contribution in [1.82, 2.24) is 10.2 Å². The Morgan fingerprint density at radius 1 is 0.902 bits per heavy atom. The highest BCUT2D eigenvalue weighted by atomic mass is 79.9. The highest BCUT2D eigenvalue weighted by Gasteiger charge is 2.19. The molecule has 0 radical (unpaired) electrons. The maximum atomic E-state index is 12.8. The summed E-state index contributed by atoms with van der Waals surface area (Å²) in [7, 11) is 0. The van der Waals surface area contributed by atoms with Crippen molar-refractivity contribution in [2.45, 2.75) is 33.2 Å². The molecule has 0 aliphatic heterocycles. The maximum absolute atomic E-state index is 12.8. The number of nitrogens with one attached hydrogen (secondary N) is 1. The monoisotopic (exact) mass is 623 g/mol. The van der Waals surface area contributed by atoms with Crippen molar-refractivity contribution in [1.29, 1.82) is 0 Å². The molecule has 0 aliphatic rings.